The van der Waals surface area contributed by atoms with Crippen molar-refractivity contribution in [2.24, 2.45) is 0 Å². The molecule has 5 rings (SSSR count). The minimum atomic E-state index is -0.249. The molecule has 31 heavy (non-hydrogen) atoms. The number of ether oxygens (including phenoxy) is 1. The van der Waals surface area contributed by atoms with Crippen LogP contribution in [0.3, 0.4) is 0 Å². The third-order valence-electron chi connectivity index (χ3n) is 4.79. The number of fused-ring (bicyclic) bond motifs is 1. The van der Waals surface area contributed by atoms with E-state index in [1.165, 1.54) is 0 Å². The average Bonchev–Trinajstić information content (AvgIpc) is 3.25. The lowest BCUT2D eigenvalue weighted by Crippen LogP contribution is -2.12. The van der Waals surface area contributed by atoms with Crippen LogP contribution in [-0.2, 0) is 0 Å². The SMILES string of the molecule is O=C(Nc1ccc(-c2nc3ccccc3o2)cc1)c1ccccc1Oc1ccccc1. The number of hydrogen-bond donors (Lipinski definition) is 1. The molecule has 1 heterocycles. The first-order valence-electron chi connectivity index (χ1n) is 9.85. The highest BCUT2D eigenvalue weighted by atomic mass is 16.5. The number of carbonyl (C=O) groups is 1. The maximum absolute atomic E-state index is 12.9. The standard InChI is InChI=1S/C26H18N2O3/c29-25(21-10-4-6-12-23(21)30-20-8-2-1-3-9-20)27-19-16-14-18(15-17-19)26-28-22-11-5-7-13-24(22)31-26/h1-17H,(H,27,29). The summed E-state index contributed by atoms with van der Waals surface area (Å²) in [5.74, 6) is 1.46. The minimum Gasteiger partial charge on any atom is -0.457 e. The highest BCUT2D eigenvalue weighted by Gasteiger charge is 2.14. The van der Waals surface area contributed by atoms with Crippen molar-refractivity contribution in [3.8, 4) is 23.0 Å². The van der Waals surface area contributed by atoms with E-state index in [0.717, 1.165) is 16.7 Å². The Labute approximate surface area is 178 Å². The van der Waals surface area contributed by atoms with Crippen molar-refractivity contribution in [1.29, 1.82) is 0 Å². The minimum absolute atomic E-state index is 0.249. The van der Waals surface area contributed by atoms with Crippen LogP contribution in [0.5, 0.6) is 11.5 Å². The number of aromatic nitrogens is 1. The van der Waals surface area contributed by atoms with Gasteiger partial charge in [0.1, 0.15) is 17.0 Å². The summed E-state index contributed by atoms with van der Waals surface area (Å²) in [5.41, 5.74) is 3.51. The highest BCUT2D eigenvalue weighted by Crippen LogP contribution is 2.27. The molecule has 0 aliphatic carbocycles. The highest BCUT2D eigenvalue weighted by molar-refractivity contribution is 6.06. The Hall–Kier alpha value is -4.38. The molecule has 0 fully saturated rings. The van der Waals surface area contributed by atoms with Gasteiger partial charge < -0.3 is 14.5 Å². The van der Waals surface area contributed by atoms with Crippen LogP contribution in [-0.4, -0.2) is 10.9 Å². The van der Waals surface area contributed by atoms with Crippen molar-refractivity contribution >= 4 is 22.7 Å². The van der Waals surface area contributed by atoms with Crippen molar-refractivity contribution < 1.29 is 13.9 Å². The average molecular weight is 406 g/mol. The summed E-state index contributed by atoms with van der Waals surface area (Å²) in [7, 11) is 0. The number of hydrogen-bond acceptors (Lipinski definition) is 4. The first-order valence-corrected chi connectivity index (χ1v) is 9.85. The molecule has 0 radical (unpaired) electrons. The molecular formula is C26H18N2O3. The van der Waals surface area contributed by atoms with Gasteiger partial charge in [-0.15, -0.1) is 0 Å². The molecule has 4 aromatic carbocycles. The first kappa shape index (κ1) is 18.6. The number of carbonyl (C=O) groups excluding carboxylic acids is 1. The van der Waals surface area contributed by atoms with Gasteiger partial charge in [0.25, 0.3) is 5.91 Å². The summed E-state index contributed by atoms with van der Waals surface area (Å²) in [4.78, 5) is 17.4. The third kappa shape index (κ3) is 4.02. The zero-order valence-corrected chi connectivity index (χ0v) is 16.5. The maximum atomic E-state index is 12.9. The molecule has 1 amide bonds. The molecule has 0 unspecified atom stereocenters. The Bertz CT molecular complexity index is 1310. The monoisotopic (exact) mass is 406 g/mol. The summed E-state index contributed by atoms with van der Waals surface area (Å²) >= 11 is 0. The van der Waals surface area contributed by atoms with Crippen molar-refractivity contribution in [2.45, 2.75) is 0 Å². The second-order valence-corrected chi connectivity index (χ2v) is 6.93. The van der Waals surface area contributed by atoms with Gasteiger partial charge in [-0.3, -0.25) is 4.79 Å². The van der Waals surface area contributed by atoms with Gasteiger partial charge >= 0.3 is 0 Å². The van der Waals surface area contributed by atoms with Gasteiger partial charge in [0.2, 0.25) is 5.89 Å². The molecule has 0 atom stereocenters. The molecule has 150 valence electrons. The summed E-state index contributed by atoms with van der Waals surface area (Å²) in [6.07, 6.45) is 0. The number of oxazole rings is 1. The number of anilines is 1. The Balaban J connectivity index is 1.34. The van der Waals surface area contributed by atoms with E-state index in [9.17, 15) is 4.79 Å². The number of nitrogens with zero attached hydrogens (tertiary/aromatic N) is 1. The summed E-state index contributed by atoms with van der Waals surface area (Å²) in [6.45, 7) is 0. The summed E-state index contributed by atoms with van der Waals surface area (Å²) in [6, 6.07) is 31.5. The number of amides is 1. The smallest absolute Gasteiger partial charge is 0.259 e. The van der Waals surface area contributed by atoms with E-state index in [-0.39, 0.29) is 5.91 Å². The van der Waals surface area contributed by atoms with E-state index >= 15 is 0 Å². The molecule has 0 spiro atoms. The largest absolute Gasteiger partial charge is 0.457 e. The fraction of sp³-hybridized carbons (Fsp3) is 0. The topological polar surface area (TPSA) is 64.4 Å². The normalized spacial score (nSPS) is 10.7. The van der Waals surface area contributed by atoms with Crippen LogP contribution in [0.4, 0.5) is 5.69 Å². The van der Waals surface area contributed by atoms with Gasteiger partial charge in [0.15, 0.2) is 5.58 Å². The van der Waals surface area contributed by atoms with Gasteiger partial charge in [-0.2, -0.15) is 0 Å². The Morgan fingerprint density at radius 3 is 2.29 bits per heavy atom. The summed E-state index contributed by atoms with van der Waals surface area (Å²) < 4.78 is 11.7. The predicted octanol–water partition coefficient (Wildman–Crippen LogP) is 6.54. The Morgan fingerprint density at radius 1 is 0.774 bits per heavy atom. The van der Waals surface area contributed by atoms with Gasteiger partial charge in [0, 0.05) is 11.3 Å². The fourth-order valence-electron chi connectivity index (χ4n) is 3.25. The van der Waals surface area contributed by atoms with E-state index in [0.29, 0.717) is 28.6 Å². The molecule has 1 N–H and O–H groups in total. The zero-order chi connectivity index (χ0) is 21.0. The number of nitrogens with one attached hydrogen (secondary N) is 1. The van der Waals surface area contributed by atoms with Crippen LogP contribution in [0.15, 0.2) is 108 Å². The second kappa shape index (κ2) is 8.16. The van der Waals surface area contributed by atoms with E-state index in [1.54, 1.807) is 12.1 Å². The van der Waals surface area contributed by atoms with Gasteiger partial charge in [-0.1, -0.05) is 42.5 Å². The van der Waals surface area contributed by atoms with Crippen LogP contribution in [0, 0.1) is 0 Å². The van der Waals surface area contributed by atoms with Crippen molar-refractivity contribution in [3.63, 3.8) is 0 Å². The molecular weight excluding hydrogens is 388 g/mol. The fourth-order valence-corrected chi connectivity index (χ4v) is 3.25. The maximum Gasteiger partial charge on any atom is 0.259 e. The molecule has 0 saturated heterocycles. The van der Waals surface area contributed by atoms with Gasteiger partial charge in [-0.05, 0) is 60.7 Å². The van der Waals surface area contributed by atoms with Crippen LogP contribution in [0.2, 0.25) is 0 Å². The van der Waals surface area contributed by atoms with Crippen LogP contribution >= 0.6 is 0 Å². The van der Waals surface area contributed by atoms with Crippen molar-refractivity contribution in [1.82, 2.24) is 4.98 Å². The molecule has 5 heteroatoms. The van der Waals surface area contributed by atoms with Crippen LogP contribution in [0.1, 0.15) is 10.4 Å². The Morgan fingerprint density at radius 2 is 1.48 bits per heavy atom. The Kier molecular flexibility index (Phi) is 4.91. The van der Waals surface area contributed by atoms with Crippen LogP contribution < -0.4 is 10.1 Å². The van der Waals surface area contributed by atoms with Crippen molar-refractivity contribution in [2.75, 3.05) is 5.32 Å². The van der Waals surface area contributed by atoms with E-state index in [1.807, 2.05) is 91.0 Å². The number of benzene rings is 4. The first-order chi connectivity index (χ1) is 15.3. The van der Waals surface area contributed by atoms with E-state index in [4.69, 9.17) is 9.15 Å². The molecule has 0 bridgehead atoms. The van der Waals surface area contributed by atoms with Gasteiger partial charge in [0.05, 0.1) is 5.56 Å². The molecule has 1 aromatic heterocycles. The quantitative estimate of drug-likeness (QED) is 0.360. The molecule has 0 saturated carbocycles. The predicted molar refractivity (Wildman–Crippen MR) is 120 cm³/mol. The van der Waals surface area contributed by atoms with Gasteiger partial charge in [-0.25, -0.2) is 4.98 Å². The lowest BCUT2D eigenvalue weighted by Gasteiger charge is -2.11. The lowest BCUT2D eigenvalue weighted by atomic mass is 10.1. The number of para-hydroxylation sites is 4. The third-order valence-corrected chi connectivity index (χ3v) is 4.79. The molecule has 0 aliphatic heterocycles. The van der Waals surface area contributed by atoms with Crippen LogP contribution in [0.25, 0.3) is 22.6 Å². The molecule has 0 aliphatic rings. The summed E-state index contributed by atoms with van der Waals surface area (Å²) in [5, 5.41) is 2.92. The molecule has 5 nitrogen and oxygen atoms in total. The number of rotatable bonds is 5. The van der Waals surface area contributed by atoms with E-state index < -0.39 is 0 Å². The van der Waals surface area contributed by atoms with Crippen molar-refractivity contribution in [3.05, 3.63) is 109 Å². The van der Waals surface area contributed by atoms with E-state index in [2.05, 4.69) is 10.3 Å². The lowest BCUT2D eigenvalue weighted by molar-refractivity contribution is 0.102. The second-order valence-electron chi connectivity index (χ2n) is 6.93. The zero-order valence-electron chi connectivity index (χ0n) is 16.5. The molecule has 5 aromatic rings.